The third-order valence-electron chi connectivity index (χ3n) is 3.18. The minimum atomic E-state index is -0.291. The van der Waals surface area contributed by atoms with Crippen molar-refractivity contribution in [1.82, 2.24) is 5.32 Å². The molecule has 0 aliphatic carbocycles. The number of nitrogens with one attached hydrogen (secondary N) is 1. The van der Waals surface area contributed by atoms with Gasteiger partial charge >= 0.3 is 0 Å². The van der Waals surface area contributed by atoms with E-state index in [0.29, 0.717) is 10.2 Å². The number of hydrogen-bond donors (Lipinski definition) is 1. The molecule has 0 aromatic heterocycles. The molecular weight excluding hydrogens is 333 g/mol. The quantitative estimate of drug-likeness (QED) is 0.747. The molecule has 0 spiro atoms. The summed E-state index contributed by atoms with van der Waals surface area (Å²) in [5, 5.41) is 3.44. The van der Waals surface area contributed by atoms with Crippen molar-refractivity contribution >= 4 is 15.9 Å². The summed E-state index contributed by atoms with van der Waals surface area (Å²) in [6.07, 6.45) is 1.10. The maximum Gasteiger partial charge on any atom is 0.141 e. The van der Waals surface area contributed by atoms with Crippen LogP contribution in [-0.2, 0) is 0 Å². The van der Waals surface area contributed by atoms with Gasteiger partial charge in [-0.2, -0.15) is 0 Å². The highest BCUT2D eigenvalue weighted by atomic mass is 79.9. The smallest absolute Gasteiger partial charge is 0.141 e. The lowest BCUT2D eigenvalue weighted by molar-refractivity contribution is 0.474. The third kappa shape index (κ3) is 4.55. The Morgan fingerprint density at radius 2 is 2.05 bits per heavy atom. The van der Waals surface area contributed by atoms with E-state index in [2.05, 4.69) is 41.2 Å². The molecule has 0 aliphatic rings. The van der Waals surface area contributed by atoms with E-state index < -0.39 is 0 Å². The largest absolute Gasteiger partial charge is 0.456 e. The highest BCUT2D eigenvalue weighted by Gasteiger charge is 2.08. The van der Waals surface area contributed by atoms with Crippen LogP contribution in [0.5, 0.6) is 11.5 Å². The van der Waals surface area contributed by atoms with Gasteiger partial charge in [-0.3, -0.25) is 0 Å². The molecule has 112 valence electrons. The van der Waals surface area contributed by atoms with Crippen LogP contribution in [0.1, 0.15) is 31.9 Å². The normalized spacial score (nSPS) is 12.2. The van der Waals surface area contributed by atoms with Crippen molar-refractivity contribution in [2.75, 3.05) is 6.54 Å². The van der Waals surface area contributed by atoms with E-state index in [1.54, 1.807) is 6.07 Å². The molecule has 0 saturated carbocycles. The summed E-state index contributed by atoms with van der Waals surface area (Å²) < 4.78 is 19.5. The lowest BCUT2D eigenvalue weighted by Crippen LogP contribution is -2.19. The molecule has 2 aromatic carbocycles. The molecule has 2 aromatic rings. The minimum absolute atomic E-state index is 0.269. The zero-order valence-corrected chi connectivity index (χ0v) is 13.8. The molecule has 0 fully saturated rings. The second-order valence-electron chi connectivity index (χ2n) is 4.93. The average molecular weight is 352 g/mol. The summed E-state index contributed by atoms with van der Waals surface area (Å²) >= 11 is 3.31. The van der Waals surface area contributed by atoms with Crippen LogP contribution in [0.25, 0.3) is 0 Å². The highest BCUT2D eigenvalue weighted by Crippen LogP contribution is 2.31. The van der Waals surface area contributed by atoms with Crippen molar-refractivity contribution in [3.05, 3.63) is 58.3 Å². The van der Waals surface area contributed by atoms with E-state index in [0.717, 1.165) is 18.7 Å². The summed E-state index contributed by atoms with van der Waals surface area (Å²) in [5.74, 6) is 1.05. The van der Waals surface area contributed by atoms with Gasteiger partial charge in [0.05, 0.1) is 4.47 Å². The van der Waals surface area contributed by atoms with Crippen molar-refractivity contribution in [2.45, 2.75) is 26.3 Å². The van der Waals surface area contributed by atoms with Crippen LogP contribution >= 0.6 is 15.9 Å². The summed E-state index contributed by atoms with van der Waals surface area (Å²) in [6, 6.07) is 12.6. The average Bonchev–Trinajstić information content (AvgIpc) is 2.48. The minimum Gasteiger partial charge on any atom is -0.456 e. The van der Waals surface area contributed by atoms with Gasteiger partial charge in [0.2, 0.25) is 0 Å². The first-order valence-corrected chi connectivity index (χ1v) is 7.85. The van der Waals surface area contributed by atoms with Crippen LogP contribution in [0.3, 0.4) is 0 Å². The number of halogens is 2. The molecule has 4 heteroatoms. The van der Waals surface area contributed by atoms with Gasteiger partial charge < -0.3 is 10.1 Å². The Hall–Kier alpha value is -1.39. The van der Waals surface area contributed by atoms with Crippen LogP contribution in [0.4, 0.5) is 4.39 Å². The number of ether oxygens (including phenoxy) is 1. The predicted molar refractivity (Wildman–Crippen MR) is 87.3 cm³/mol. The number of benzene rings is 2. The second-order valence-corrected chi connectivity index (χ2v) is 5.78. The van der Waals surface area contributed by atoms with E-state index in [1.807, 2.05) is 18.2 Å². The summed E-state index contributed by atoms with van der Waals surface area (Å²) in [7, 11) is 0. The zero-order valence-electron chi connectivity index (χ0n) is 12.2. The molecule has 0 bridgehead atoms. The standard InChI is InChI=1S/C17H19BrFNO/c1-3-9-20-12(2)13-5-4-6-15(10-13)21-17-8-7-14(19)11-16(17)18/h4-8,10-12,20H,3,9H2,1-2H3. The molecule has 21 heavy (non-hydrogen) atoms. The molecule has 1 atom stereocenters. The predicted octanol–water partition coefficient (Wildman–Crippen LogP) is 5.44. The van der Waals surface area contributed by atoms with Gasteiger partial charge in [-0.1, -0.05) is 19.1 Å². The Balaban J connectivity index is 2.13. The maximum atomic E-state index is 13.1. The first-order chi connectivity index (χ1) is 10.1. The van der Waals surface area contributed by atoms with E-state index in [-0.39, 0.29) is 11.9 Å². The lowest BCUT2D eigenvalue weighted by atomic mass is 10.1. The lowest BCUT2D eigenvalue weighted by Gasteiger charge is -2.15. The maximum absolute atomic E-state index is 13.1. The SMILES string of the molecule is CCCNC(C)c1cccc(Oc2ccc(F)cc2Br)c1. The van der Waals surface area contributed by atoms with Crippen LogP contribution < -0.4 is 10.1 Å². The molecule has 0 aliphatic heterocycles. The highest BCUT2D eigenvalue weighted by molar-refractivity contribution is 9.10. The summed E-state index contributed by atoms with van der Waals surface area (Å²) in [4.78, 5) is 0. The fraction of sp³-hybridized carbons (Fsp3) is 0.294. The van der Waals surface area contributed by atoms with Gasteiger partial charge in [-0.05, 0) is 71.7 Å². The Kier molecular flexibility index (Phi) is 5.76. The molecule has 0 amide bonds. The molecule has 1 unspecified atom stereocenters. The number of rotatable bonds is 6. The van der Waals surface area contributed by atoms with Crippen molar-refractivity contribution in [3.8, 4) is 11.5 Å². The van der Waals surface area contributed by atoms with Crippen molar-refractivity contribution < 1.29 is 9.13 Å². The Labute approximate surface area is 133 Å². The Morgan fingerprint density at radius 3 is 2.76 bits per heavy atom. The second kappa shape index (κ2) is 7.57. The van der Waals surface area contributed by atoms with Gasteiger partial charge in [-0.25, -0.2) is 4.39 Å². The molecule has 0 heterocycles. The third-order valence-corrected chi connectivity index (χ3v) is 3.80. The molecule has 0 saturated heterocycles. The fourth-order valence-electron chi connectivity index (χ4n) is 2.01. The molecular formula is C17H19BrFNO. The Bertz CT molecular complexity index is 603. The van der Waals surface area contributed by atoms with E-state index >= 15 is 0 Å². The van der Waals surface area contributed by atoms with E-state index in [4.69, 9.17) is 4.74 Å². The first kappa shape index (κ1) is 16.0. The van der Waals surface area contributed by atoms with Crippen LogP contribution in [-0.4, -0.2) is 6.54 Å². The van der Waals surface area contributed by atoms with Crippen LogP contribution in [0.2, 0.25) is 0 Å². The molecule has 2 rings (SSSR count). The Morgan fingerprint density at radius 1 is 1.24 bits per heavy atom. The van der Waals surface area contributed by atoms with Gasteiger partial charge in [0.15, 0.2) is 0 Å². The topological polar surface area (TPSA) is 21.3 Å². The van der Waals surface area contributed by atoms with Gasteiger partial charge in [0.25, 0.3) is 0 Å². The van der Waals surface area contributed by atoms with Crippen LogP contribution in [0.15, 0.2) is 46.9 Å². The fourth-order valence-corrected chi connectivity index (χ4v) is 2.44. The van der Waals surface area contributed by atoms with Crippen molar-refractivity contribution in [3.63, 3.8) is 0 Å². The summed E-state index contributed by atoms with van der Waals surface area (Å²) in [5.41, 5.74) is 1.17. The summed E-state index contributed by atoms with van der Waals surface area (Å²) in [6.45, 7) is 5.25. The van der Waals surface area contributed by atoms with Crippen molar-refractivity contribution in [1.29, 1.82) is 0 Å². The molecule has 0 radical (unpaired) electrons. The van der Waals surface area contributed by atoms with E-state index in [1.165, 1.54) is 17.7 Å². The zero-order chi connectivity index (χ0) is 15.2. The van der Waals surface area contributed by atoms with Gasteiger partial charge in [0, 0.05) is 6.04 Å². The van der Waals surface area contributed by atoms with Crippen molar-refractivity contribution in [2.24, 2.45) is 0 Å². The first-order valence-electron chi connectivity index (χ1n) is 7.06. The van der Waals surface area contributed by atoms with E-state index in [9.17, 15) is 4.39 Å². The van der Waals surface area contributed by atoms with Gasteiger partial charge in [-0.15, -0.1) is 0 Å². The van der Waals surface area contributed by atoms with Gasteiger partial charge in [0.1, 0.15) is 17.3 Å². The van der Waals surface area contributed by atoms with Crippen LogP contribution in [0, 0.1) is 5.82 Å². The monoisotopic (exact) mass is 351 g/mol. The number of hydrogen-bond acceptors (Lipinski definition) is 2. The molecule has 2 nitrogen and oxygen atoms in total. The molecule has 1 N–H and O–H groups in total.